The minimum Gasteiger partial charge on any atom is -0.496 e. The molecule has 2 aliphatic heterocycles. The van der Waals surface area contributed by atoms with E-state index < -0.39 is 22.0 Å². The number of fused-ring (bicyclic) bond motifs is 1. The maximum atomic E-state index is 12.6. The van der Waals surface area contributed by atoms with Gasteiger partial charge in [0, 0.05) is 12.0 Å². The lowest BCUT2D eigenvalue weighted by atomic mass is 10.0. The van der Waals surface area contributed by atoms with Gasteiger partial charge in [-0.2, -0.15) is 0 Å². The normalized spacial score (nSPS) is 20.5. The Morgan fingerprint density at radius 3 is 2.58 bits per heavy atom. The van der Waals surface area contributed by atoms with Gasteiger partial charge in [0.25, 0.3) is 15.9 Å². The van der Waals surface area contributed by atoms with Crippen molar-refractivity contribution >= 4 is 21.6 Å². The zero-order valence-corrected chi connectivity index (χ0v) is 14.8. The molecule has 2 aromatic carbocycles. The average molecular weight is 372 g/mol. The summed E-state index contributed by atoms with van der Waals surface area (Å²) in [4.78, 5) is 17.9. The Balaban J connectivity index is 1.53. The maximum absolute atomic E-state index is 12.6. The van der Waals surface area contributed by atoms with Crippen molar-refractivity contribution < 1.29 is 22.8 Å². The Morgan fingerprint density at radius 1 is 1.15 bits per heavy atom. The van der Waals surface area contributed by atoms with Crippen LogP contribution in [0.4, 0.5) is 0 Å². The first-order valence-corrected chi connectivity index (χ1v) is 9.48. The van der Waals surface area contributed by atoms with E-state index in [2.05, 4.69) is 5.16 Å². The Bertz CT molecular complexity index is 1020. The number of benzene rings is 2. The first-order chi connectivity index (χ1) is 12.5. The van der Waals surface area contributed by atoms with Crippen molar-refractivity contribution in [3.63, 3.8) is 0 Å². The molecule has 0 radical (unpaired) electrons. The zero-order chi connectivity index (χ0) is 18.3. The van der Waals surface area contributed by atoms with Crippen molar-refractivity contribution in [2.24, 2.45) is 5.16 Å². The summed E-state index contributed by atoms with van der Waals surface area (Å²) in [5.74, 6) is 0.128. The van der Waals surface area contributed by atoms with Gasteiger partial charge in [0.1, 0.15) is 10.6 Å². The average Bonchev–Trinajstić information content (AvgIpc) is 3.20. The van der Waals surface area contributed by atoms with Gasteiger partial charge >= 0.3 is 0 Å². The number of amides is 1. The summed E-state index contributed by atoms with van der Waals surface area (Å²) < 4.78 is 31.4. The molecule has 2 aromatic rings. The van der Waals surface area contributed by atoms with Gasteiger partial charge in [0.2, 0.25) is 0 Å². The van der Waals surface area contributed by atoms with E-state index in [-0.39, 0.29) is 17.0 Å². The molecule has 2 heterocycles. The molecule has 2 aliphatic rings. The third-order valence-electron chi connectivity index (χ3n) is 4.43. The highest BCUT2D eigenvalue weighted by Gasteiger charge is 2.43. The molecule has 0 saturated carbocycles. The summed E-state index contributed by atoms with van der Waals surface area (Å²) in [6, 6.07) is 13.6. The molecule has 1 amide bonds. The Morgan fingerprint density at radius 2 is 1.85 bits per heavy atom. The van der Waals surface area contributed by atoms with E-state index in [1.54, 1.807) is 19.2 Å². The van der Waals surface area contributed by atoms with E-state index in [9.17, 15) is 13.2 Å². The van der Waals surface area contributed by atoms with E-state index in [0.29, 0.717) is 17.9 Å². The molecule has 8 heteroatoms. The number of sulfonamides is 1. The maximum Gasteiger partial charge on any atom is 0.269 e. The molecule has 0 fully saturated rings. The summed E-state index contributed by atoms with van der Waals surface area (Å²) in [6.07, 6.45) is -0.154. The molecular formula is C18H16N2O5S. The molecule has 0 aromatic heterocycles. The van der Waals surface area contributed by atoms with Gasteiger partial charge in [-0.25, -0.2) is 12.7 Å². The van der Waals surface area contributed by atoms with Crippen LogP contribution in [0.5, 0.6) is 5.75 Å². The van der Waals surface area contributed by atoms with Gasteiger partial charge in [-0.15, -0.1) is 0 Å². The quantitative estimate of drug-likeness (QED) is 0.820. The molecule has 0 unspecified atom stereocenters. The number of oxime groups is 1. The van der Waals surface area contributed by atoms with Crippen LogP contribution in [0.3, 0.4) is 0 Å². The first kappa shape index (κ1) is 16.6. The number of carbonyl (C=O) groups is 1. The summed E-state index contributed by atoms with van der Waals surface area (Å²) in [6.45, 7) is -0.0853. The fraction of sp³-hybridized carbons (Fsp3) is 0.222. The Hall–Kier alpha value is -2.87. The molecule has 134 valence electrons. The lowest BCUT2D eigenvalue weighted by molar-refractivity contribution is 0.0599. The molecule has 0 bridgehead atoms. The van der Waals surface area contributed by atoms with Gasteiger partial charge < -0.3 is 9.57 Å². The number of rotatable bonds is 4. The molecular weight excluding hydrogens is 356 g/mol. The number of hydrogen-bond donors (Lipinski definition) is 0. The molecule has 4 rings (SSSR count). The number of ether oxygens (including phenoxy) is 1. The van der Waals surface area contributed by atoms with Crippen molar-refractivity contribution in [1.29, 1.82) is 0 Å². The van der Waals surface area contributed by atoms with E-state index >= 15 is 0 Å². The largest absolute Gasteiger partial charge is 0.496 e. The van der Waals surface area contributed by atoms with Crippen LogP contribution in [0.25, 0.3) is 0 Å². The highest BCUT2D eigenvalue weighted by Crippen LogP contribution is 2.32. The van der Waals surface area contributed by atoms with E-state index in [4.69, 9.17) is 9.57 Å². The van der Waals surface area contributed by atoms with Crippen molar-refractivity contribution in [2.75, 3.05) is 13.7 Å². The van der Waals surface area contributed by atoms with Crippen LogP contribution >= 0.6 is 0 Å². The van der Waals surface area contributed by atoms with Crippen molar-refractivity contribution in [1.82, 2.24) is 4.31 Å². The first-order valence-electron chi connectivity index (χ1n) is 8.04. The number of para-hydroxylation sites is 1. The second-order valence-electron chi connectivity index (χ2n) is 6.01. The standard InChI is InChI=1S/C18H16N2O5S/c1-24-16-8-4-2-6-13(16)15-10-12(25-19-15)11-20-18(21)14-7-3-5-9-17(14)26(20,22)23/h2-9,12H,10-11H2,1H3/t12-/m0/s1. The van der Waals surface area contributed by atoms with Crippen LogP contribution in [0.2, 0.25) is 0 Å². The predicted octanol–water partition coefficient (Wildman–Crippen LogP) is 2.03. The Labute approximate surface area is 150 Å². The zero-order valence-electron chi connectivity index (χ0n) is 14.0. The van der Waals surface area contributed by atoms with Gasteiger partial charge in [-0.05, 0) is 24.3 Å². The monoisotopic (exact) mass is 372 g/mol. The smallest absolute Gasteiger partial charge is 0.269 e. The summed E-state index contributed by atoms with van der Waals surface area (Å²) in [7, 11) is -2.28. The van der Waals surface area contributed by atoms with Gasteiger partial charge in [-0.3, -0.25) is 4.79 Å². The SMILES string of the molecule is COc1ccccc1C1=NO[C@H](CN2C(=O)c3ccccc3S2(=O)=O)C1. The molecule has 1 atom stereocenters. The second kappa shape index (κ2) is 6.14. The molecule has 7 nitrogen and oxygen atoms in total. The fourth-order valence-electron chi connectivity index (χ4n) is 3.16. The summed E-state index contributed by atoms with van der Waals surface area (Å²) >= 11 is 0. The topological polar surface area (TPSA) is 85.3 Å². The number of methoxy groups -OCH3 is 1. The third kappa shape index (κ3) is 2.53. The minimum absolute atomic E-state index is 0.0360. The van der Waals surface area contributed by atoms with Gasteiger partial charge in [0.15, 0.2) is 6.10 Å². The lowest BCUT2D eigenvalue weighted by Crippen LogP contribution is -2.37. The van der Waals surface area contributed by atoms with Crippen LogP contribution in [0.15, 0.2) is 58.6 Å². The van der Waals surface area contributed by atoms with Gasteiger partial charge in [0.05, 0.1) is 24.9 Å². The van der Waals surface area contributed by atoms with Crippen molar-refractivity contribution in [3.8, 4) is 5.75 Å². The fourth-order valence-corrected chi connectivity index (χ4v) is 4.77. The number of nitrogens with zero attached hydrogens (tertiary/aromatic N) is 2. The van der Waals surface area contributed by atoms with Crippen LogP contribution < -0.4 is 4.74 Å². The highest BCUT2D eigenvalue weighted by atomic mass is 32.2. The van der Waals surface area contributed by atoms with Crippen LogP contribution in [0, 0.1) is 0 Å². The Kier molecular flexibility index (Phi) is 3.91. The number of hydrogen-bond acceptors (Lipinski definition) is 6. The highest BCUT2D eigenvalue weighted by molar-refractivity contribution is 7.90. The van der Waals surface area contributed by atoms with Crippen molar-refractivity contribution in [3.05, 3.63) is 59.7 Å². The van der Waals surface area contributed by atoms with E-state index in [1.807, 2.05) is 24.3 Å². The minimum atomic E-state index is -3.85. The second-order valence-corrected chi connectivity index (χ2v) is 7.84. The lowest BCUT2D eigenvalue weighted by Gasteiger charge is -2.18. The predicted molar refractivity (Wildman–Crippen MR) is 93.7 cm³/mol. The van der Waals surface area contributed by atoms with Crippen LogP contribution in [-0.4, -0.2) is 44.1 Å². The van der Waals surface area contributed by atoms with E-state index in [1.165, 1.54) is 12.1 Å². The molecule has 0 N–H and O–H groups in total. The van der Waals surface area contributed by atoms with E-state index in [0.717, 1.165) is 9.87 Å². The third-order valence-corrected chi connectivity index (χ3v) is 6.24. The van der Waals surface area contributed by atoms with Gasteiger partial charge in [-0.1, -0.05) is 29.4 Å². The summed E-state index contributed by atoms with van der Waals surface area (Å²) in [5.41, 5.74) is 1.64. The number of carbonyl (C=O) groups excluding carboxylic acids is 1. The van der Waals surface area contributed by atoms with Crippen LogP contribution in [0.1, 0.15) is 22.3 Å². The van der Waals surface area contributed by atoms with Crippen LogP contribution in [-0.2, 0) is 14.9 Å². The molecule has 26 heavy (non-hydrogen) atoms. The van der Waals surface area contributed by atoms with Crippen molar-refractivity contribution in [2.45, 2.75) is 17.4 Å². The molecule has 0 aliphatic carbocycles. The molecule has 0 saturated heterocycles. The molecule has 0 spiro atoms. The summed E-state index contributed by atoms with van der Waals surface area (Å²) in [5, 5.41) is 4.06.